The van der Waals surface area contributed by atoms with Gasteiger partial charge >= 0.3 is 5.69 Å². The molecule has 1 aliphatic heterocycles. The molecule has 0 fully saturated rings. The number of hydrogen-bond donors (Lipinski definition) is 1. The summed E-state index contributed by atoms with van der Waals surface area (Å²) in [7, 11) is 0. The van der Waals surface area contributed by atoms with Crippen LogP contribution in [-0.4, -0.2) is 23.0 Å². The second kappa shape index (κ2) is 7.84. The van der Waals surface area contributed by atoms with Crippen molar-refractivity contribution in [1.29, 1.82) is 0 Å². The van der Waals surface area contributed by atoms with Gasteiger partial charge in [0.2, 0.25) is 5.82 Å². The molecule has 2 aromatic rings. The van der Waals surface area contributed by atoms with E-state index in [2.05, 4.69) is 68.0 Å². The monoisotopic (exact) mass is 378 g/mol. The lowest BCUT2D eigenvalue weighted by Gasteiger charge is -2.28. The summed E-state index contributed by atoms with van der Waals surface area (Å²) >= 11 is 0. The zero-order valence-electron chi connectivity index (χ0n) is 16.6. The molecule has 6 heteroatoms. The number of benzene rings is 1. The third-order valence-electron chi connectivity index (χ3n) is 4.91. The van der Waals surface area contributed by atoms with Gasteiger partial charge in [0.25, 0.3) is 0 Å². The van der Waals surface area contributed by atoms with Crippen LogP contribution in [0.25, 0.3) is 0 Å². The summed E-state index contributed by atoms with van der Waals surface area (Å²) in [6.45, 7) is 12.0. The number of nitrogens with one attached hydrogen (secondary N) is 1. The summed E-state index contributed by atoms with van der Waals surface area (Å²) in [6, 6.07) is 11.5. The molecule has 1 aliphatic rings. The number of anilines is 2. The van der Waals surface area contributed by atoms with E-state index >= 15 is 0 Å². The number of aromatic nitrogens is 1. The lowest BCUT2D eigenvalue weighted by Crippen LogP contribution is -2.30. The van der Waals surface area contributed by atoms with Crippen molar-refractivity contribution in [3.8, 4) is 0 Å². The molecule has 0 bridgehead atoms. The first-order chi connectivity index (χ1) is 13.3. The summed E-state index contributed by atoms with van der Waals surface area (Å²) < 4.78 is 0. The Morgan fingerprint density at radius 2 is 1.96 bits per heavy atom. The highest BCUT2D eigenvalue weighted by atomic mass is 16.6. The Balaban J connectivity index is 1.66. The van der Waals surface area contributed by atoms with Crippen LogP contribution in [0.5, 0.6) is 0 Å². The molecule has 1 N–H and O–H groups in total. The van der Waals surface area contributed by atoms with Gasteiger partial charge in [0.15, 0.2) is 0 Å². The molecule has 2 heterocycles. The normalized spacial score (nSPS) is 14.4. The smallest absolute Gasteiger partial charge is 0.311 e. The predicted molar refractivity (Wildman–Crippen MR) is 114 cm³/mol. The number of allylic oxidation sites excluding steroid dienone is 1. The second-order valence-electron chi connectivity index (χ2n) is 7.96. The highest BCUT2D eigenvalue weighted by molar-refractivity contribution is 5.60. The Hall–Kier alpha value is -3.15. The van der Waals surface area contributed by atoms with Crippen molar-refractivity contribution in [2.45, 2.75) is 32.6 Å². The minimum absolute atomic E-state index is 0.0373. The van der Waals surface area contributed by atoms with Gasteiger partial charge in [-0.25, -0.2) is 4.98 Å². The Labute approximate surface area is 165 Å². The highest BCUT2D eigenvalue weighted by Crippen LogP contribution is 2.29. The maximum atomic E-state index is 11.2. The molecule has 0 aliphatic carbocycles. The zero-order valence-corrected chi connectivity index (χ0v) is 16.6. The Morgan fingerprint density at radius 3 is 2.54 bits per heavy atom. The summed E-state index contributed by atoms with van der Waals surface area (Å²) in [5.74, 6) is 0.416. The van der Waals surface area contributed by atoms with Crippen LogP contribution in [0.2, 0.25) is 0 Å². The Bertz CT molecular complexity index is 911. The minimum Gasteiger partial charge on any atom is -0.356 e. The number of rotatable bonds is 5. The molecule has 1 aromatic carbocycles. The van der Waals surface area contributed by atoms with E-state index in [1.807, 2.05) is 4.90 Å². The lowest BCUT2D eigenvalue weighted by molar-refractivity contribution is -0.384. The summed E-state index contributed by atoms with van der Waals surface area (Å²) in [6.07, 6.45) is 4.39. The molecule has 0 atom stereocenters. The number of hydrogen-bond acceptors (Lipinski definition) is 5. The fourth-order valence-corrected chi connectivity index (χ4v) is 3.22. The molecule has 0 radical (unpaired) electrons. The van der Waals surface area contributed by atoms with Gasteiger partial charge in [-0.2, -0.15) is 0 Å². The van der Waals surface area contributed by atoms with Crippen LogP contribution < -0.4 is 10.2 Å². The van der Waals surface area contributed by atoms with Gasteiger partial charge in [0.05, 0.1) is 4.92 Å². The van der Waals surface area contributed by atoms with E-state index in [9.17, 15) is 10.1 Å². The quantitative estimate of drug-likeness (QED) is 0.582. The third kappa shape index (κ3) is 4.39. The van der Waals surface area contributed by atoms with Crippen molar-refractivity contribution in [2.75, 3.05) is 23.3 Å². The predicted octanol–water partition coefficient (Wildman–Crippen LogP) is 5.05. The average molecular weight is 378 g/mol. The number of nitrogens with zero attached hydrogens (tertiary/aromatic N) is 3. The zero-order chi connectivity index (χ0) is 20.3. The van der Waals surface area contributed by atoms with E-state index in [1.165, 1.54) is 11.6 Å². The van der Waals surface area contributed by atoms with Gasteiger partial charge in [0.1, 0.15) is 0 Å². The molecule has 3 rings (SSSR count). The van der Waals surface area contributed by atoms with E-state index in [4.69, 9.17) is 0 Å². The molecule has 6 nitrogen and oxygen atoms in total. The van der Waals surface area contributed by atoms with Gasteiger partial charge in [-0.05, 0) is 41.2 Å². The van der Waals surface area contributed by atoms with Crippen molar-refractivity contribution >= 4 is 17.2 Å². The first kappa shape index (κ1) is 19.6. The largest absolute Gasteiger partial charge is 0.356 e. The Kier molecular flexibility index (Phi) is 5.49. The van der Waals surface area contributed by atoms with E-state index in [0.717, 1.165) is 23.4 Å². The molecular formula is C22H26N4O2. The number of pyridine rings is 1. The molecule has 28 heavy (non-hydrogen) atoms. The van der Waals surface area contributed by atoms with E-state index < -0.39 is 0 Å². The summed E-state index contributed by atoms with van der Waals surface area (Å²) in [5, 5.41) is 14.6. The topological polar surface area (TPSA) is 71.3 Å². The van der Waals surface area contributed by atoms with Crippen LogP contribution in [-0.2, 0) is 5.41 Å². The number of nitro groups is 1. The van der Waals surface area contributed by atoms with Crippen molar-refractivity contribution in [2.24, 2.45) is 0 Å². The van der Waals surface area contributed by atoms with Crippen molar-refractivity contribution in [3.05, 3.63) is 82.2 Å². The van der Waals surface area contributed by atoms with Gasteiger partial charge in [-0.1, -0.05) is 45.6 Å². The van der Waals surface area contributed by atoms with Crippen LogP contribution in [0.4, 0.5) is 17.2 Å². The Morgan fingerprint density at radius 1 is 1.25 bits per heavy atom. The van der Waals surface area contributed by atoms with Crippen LogP contribution >= 0.6 is 0 Å². The minimum atomic E-state index is -0.386. The van der Waals surface area contributed by atoms with Gasteiger partial charge in [0, 0.05) is 36.7 Å². The fraction of sp³-hybridized carbons (Fsp3) is 0.318. The van der Waals surface area contributed by atoms with Crippen LogP contribution in [0.1, 0.15) is 32.8 Å². The molecule has 0 amide bonds. The fourth-order valence-electron chi connectivity index (χ4n) is 3.22. The van der Waals surface area contributed by atoms with E-state index in [-0.39, 0.29) is 16.0 Å². The third-order valence-corrected chi connectivity index (χ3v) is 4.91. The maximum Gasteiger partial charge on any atom is 0.311 e. The second-order valence-corrected chi connectivity index (χ2v) is 7.96. The summed E-state index contributed by atoms with van der Waals surface area (Å²) in [5.41, 5.74) is 4.43. The van der Waals surface area contributed by atoms with Crippen molar-refractivity contribution in [3.63, 3.8) is 0 Å². The molecule has 0 unspecified atom stereocenters. The highest BCUT2D eigenvalue weighted by Gasteiger charge is 2.23. The van der Waals surface area contributed by atoms with E-state index in [0.29, 0.717) is 18.9 Å². The first-order valence-corrected chi connectivity index (χ1v) is 9.36. The molecule has 146 valence electrons. The van der Waals surface area contributed by atoms with Crippen LogP contribution in [0.15, 0.2) is 66.5 Å². The van der Waals surface area contributed by atoms with Crippen molar-refractivity contribution < 1.29 is 4.92 Å². The summed E-state index contributed by atoms with van der Waals surface area (Å²) in [4.78, 5) is 17.0. The molecular weight excluding hydrogens is 352 g/mol. The molecule has 0 saturated carbocycles. The average Bonchev–Trinajstić information content (AvgIpc) is 2.68. The van der Waals surface area contributed by atoms with Crippen LogP contribution in [0.3, 0.4) is 0 Å². The van der Waals surface area contributed by atoms with Gasteiger partial charge in [-0.15, -0.1) is 0 Å². The van der Waals surface area contributed by atoms with E-state index in [1.54, 1.807) is 12.3 Å². The lowest BCUT2D eigenvalue weighted by atomic mass is 9.87. The molecule has 0 saturated heterocycles. The first-order valence-electron chi connectivity index (χ1n) is 9.36. The van der Waals surface area contributed by atoms with Gasteiger partial charge in [-0.3, -0.25) is 10.1 Å². The van der Waals surface area contributed by atoms with Crippen molar-refractivity contribution in [1.82, 2.24) is 4.98 Å². The molecule has 0 spiro atoms. The SMILES string of the molecule is C=C(Nc1ccc(C(C)(C)C)cc1)C1=CCN(c2ncccc2[N+](=O)[O-])CC1. The van der Waals surface area contributed by atoms with Gasteiger partial charge < -0.3 is 10.2 Å². The van der Waals surface area contributed by atoms with Crippen LogP contribution in [0, 0.1) is 10.1 Å². The maximum absolute atomic E-state index is 11.2. The molecule has 1 aromatic heterocycles. The standard InChI is InChI=1S/C22H26N4O2/c1-16(24-19-9-7-18(8-10-19)22(2,3)4)17-11-14-25(15-12-17)21-20(26(27)28)6-5-13-23-21/h5-11,13,24H,1,12,14-15H2,2-4H3.